The Labute approximate surface area is 162 Å². The summed E-state index contributed by atoms with van der Waals surface area (Å²) in [5.41, 5.74) is 2.80. The van der Waals surface area contributed by atoms with Crippen LogP contribution < -0.4 is 10.1 Å². The topological polar surface area (TPSA) is 101 Å². The van der Waals surface area contributed by atoms with Gasteiger partial charge in [-0.3, -0.25) is 10.1 Å². The van der Waals surface area contributed by atoms with E-state index in [0.717, 1.165) is 11.3 Å². The van der Waals surface area contributed by atoms with Gasteiger partial charge in [-0.2, -0.15) is 5.26 Å². The molecule has 142 valence electrons. The fourth-order valence-corrected chi connectivity index (χ4v) is 2.95. The molecule has 7 heteroatoms. The molecular weight excluding hydrogens is 356 g/mol. The molecule has 2 aromatic carbocycles. The Morgan fingerprint density at radius 3 is 2.79 bits per heavy atom. The number of rotatable bonds is 7. The van der Waals surface area contributed by atoms with Crippen LogP contribution in [0, 0.1) is 28.4 Å². The Morgan fingerprint density at radius 2 is 2.07 bits per heavy atom. The first-order chi connectivity index (χ1) is 13.5. The molecule has 1 aromatic heterocycles. The first-order valence-corrected chi connectivity index (χ1v) is 8.95. The molecule has 1 heterocycles. The van der Waals surface area contributed by atoms with Gasteiger partial charge in [0.15, 0.2) is 11.6 Å². The maximum atomic E-state index is 11.3. The lowest BCUT2D eigenvalue weighted by Gasteiger charge is -2.13. The zero-order chi connectivity index (χ0) is 20.1. The van der Waals surface area contributed by atoms with Gasteiger partial charge in [0.25, 0.3) is 5.69 Å². The number of nitrogens with one attached hydrogen (secondary N) is 1. The minimum Gasteiger partial charge on any atom is -0.476 e. The number of ether oxygens (including phenoxy) is 1. The lowest BCUT2D eigenvalue weighted by molar-refractivity contribution is -0.383. The van der Waals surface area contributed by atoms with Crippen molar-refractivity contribution in [3.05, 3.63) is 69.9 Å². The normalized spacial score (nSPS) is 11.6. The lowest BCUT2D eigenvalue weighted by atomic mass is 10.1. The standard InChI is InChI=1S/C21H20N4O3/c1-3-16(12-22)28-17-7-4-6-15(11-17)13-23-19-10-14(2)24-21-18(19)8-5-9-20(21)25(26)27/h4-11,16H,3,13H2,1-2H3,(H,23,24). The van der Waals surface area contributed by atoms with Gasteiger partial charge in [0.2, 0.25) is 0 Å². The third kappa shape index (κ3) is 4.18. The van der Waals surface area contributed by atoms with E-state index < -0.39 is 11.0 Å². The van der Waals surface area contributed by atoms with Crippen LogP contribution >= 0.6 is 0 Å². The van der Waals surface area contributed by atoms with E-state index >= 15 is 0 Å². The number of non-ortho nitro benzene ring substituents is 1. The minimum atomic E-state index is -0.476. The number of aromatic nitrogens is 1. The summed E-state index contributed by atoms with van der Waals surface area (Å²) in [5.74, 6) is 0.638. The summed E-state index contributed by atoms with van der Waals surface area (Å²) in [6, 6.07) is 16.4. The molecule has 3 aromatic rings. The molecule has 0 bridgehead atoms. The first-order valence-electron chi connectivity index (χ1n) is 8.95. The van der Waals surface area contributed by atoms with E-state index in [1.165, 1.54) is 6.07 Å². The third-order valence-corrected chi connectivity index (χ3v) is 4.32. The average Bonchev–Trinajstić information content (AvgIpc) is 2.69. The van der Waals surface area contributed by atoms with Crippen molar-refractivity contribution in [1.29, 1.82) is 5.26 Å². The van der Waals surface area contributed by atoms with E-state index in [0.29, 0.717) is 35.3 Å². The molecule has 1 atom stereocenters. The van der Waals surface area contributed by atoms with E-state index in [9.17, 15) is 10.1 Å². The van der Waals surface area contributed by atoms with Crippen LogP contribution in [0.2, 0.25) is 0 Å². The summed E-state index contributed by atoms with van der Waals surface area (Å²) in [5, 5.41) is 24.4. The van der Waals surface area contributed by atoms with Gasteiger partial charge in [-0.1, -0.05) is 31.2 Å². The molecule has 0 saturated carbocycles. The Morgan fingerprint density at radius 1 is 1.29 bits per heavy atom. The number of hydrogen-bond donors (Lipinski definition) is 1. The molecule has 0 saturated heterocycles. The van der Waals surface area contributed by atoms with Crippen molar-refractivity contribution >= 4 is 22.3 Å². The van der Waals surface area contributed by atoms with Gasteiger partial charge < -0.3 is 10.1 Å². The second-order valence-corrected chi connectivity index (χ2v) is 6.39. The minimum absolute atomic E-state index is 0.0123. The SMILES string of the molecule is CCC(C#N)Oc1cccc(CNc2cc(C)nc3c([N+](=O)[O-])cccc23)c1. The summed E-state index contributed by atoms with van der Waals surface area (Å²) < 4.78 is 5.66. The summed E-state index contributed by atoms with van der Waals surface area (Å²) in [4.78, 5) is 15.2. The molecule has 1 unspecified atom stereocenters. The fourth-order valence-electron chi connectivity index (χ4n) is 2.95. The highest BCUT2D eigenvalue weighted by atomic mass is 16.6. The smallest absolute Gasteiger partial charge is 0.295 e. The van der Waals surface area contributed by atoms with Crippen molar-refractivity contribution in [3.63, 3.8) is 0 Å². The molecule has 0 amide bonds. The van der Waals surface area contributed by atoms with Gasteiger partial charge in [-0.25, -0.2) is 4.98 Å². The van der Waals surface area contributed by atoms with Crippen LogP contribution in [0.25, 0.3) is 10.9 Å². The van der Waals surface area contributed by atoms with Crippen LogP contribution in [0.1, 0.15) is 24.6 Å². The number of hydrogen-bond acceptors (Lipinski definition) is 6. The summed E-state index contributed by atoms with van der Waals surface area (Å²) >= 11 is 0. The largest absolute Gasteiger partial charge is 0.476 e. The van der Waals surface area contributed by atoms with Crippen molar-refractivity contribution in [2.24, 2.45) is 0 Å². The van der Waals surface area contributed by atoms with Crippen LogP contribution in [-0.2, 0) is 6.54 Å². The Balaban J connectivity index is 1.86. The quantitative estimate of drug-likeness (QED) is 0.472. The second kappa shape index (κ2) is 8.35. The number of pyridine rings is 1. The van der Waals surface area contributed by atoms with Gasteiger partial charge in [0.05, 0.1) is 4.92 Å². The average molecular weight is 376 g/mol. The molecule has 0 aliphatic carbocycles. The summed E-state index contributed by atoms with van der Waals surface area (Å²) in [6.07, 6.45) is 0.135. The van der Waals surface area contributed by atoms with Gasteiger partial charge >= 0.3 is 0 Å². The Hall–Kier alpha value is -3.66. The zero-order valence-electron chi connectivity index (χ0n) is 15.7. The summed E-state index contributed by atoms with van der Waals surface area (Å²) in [7, 11) is 0. The highest BCUT2D eigenvalue weighted by Gasteiger charge is 2.15. The van der Waals surface area contributed by atoms with Gasteiger partial charge in [0.1, 0.15) is 11.8 Å². The van der Waals surface area contributed by atoms with Crippen molar-refractivity contribution in [2.45, 2.75) is 32.9 Å². The predicted molar refractivity (Wildman–Crippen MR) is 107 cm³/mol. The summed E-state index contributed by atoms with van der Waals surface area (Å²) in [6.45, 7) is 4.21. The number of nitro groups is 1. The lowest BCUT2D eigenvalue weighted by Crippen LogP contribution is -2.12. The number of benzene rings is 2. The van der Waals surface area contributed by atoms with Crippen LogP contribution in [0.4, 0.5) is 11.4 Å². The fraction of sp³-hybridized carbons (Fsp3) is 0.238. The highest BCUT2D eigenvalue weighted by Crippen LogP contribution is 2.30. The maximum Gasteiger partial charge on any atom is 0.295 e. The number of nitro benzene ring substituents is 1. The number of nitriles is 1. The molecule has 0 fully saturated rings. The molecule has 28 heavy (non-hydrogen) atoms. The van der Waals surface area contributed by atoms with Crippen LogP contribution in [0.3, 0.4) is 0 Å². The molecule has 7 nitrogen and oxygen atoms in total. The van der Waals surface area contributed by atoms with E-state index in [1.807, 2.05) is 50.2 Å². The van der Waals surface area contributed by atoms with Crippen LogP contribution in [0.15, 0.2) is 48.5 Å². The molecule has 0 aliphatic heterocycles. The van der Waals surface area contributed by atoms with Crippen LogP contribution in [0.5, 0.6) is 5.75 Å². The van der Waals surface area contributed by atoms with Gasteiger partial charge in [0, 0.05) is 29.4 Å². The molecule has 3 rings (SSSR count). The molecule has 0 radical (unpaired) electrons. The molecule has 1 N–H and O–H groups in total. The van der Waals surface area contributed by atoms with Crippen molar-refractivity contribution < 1.29 is 9.66 Å². The number of anilines is 1. The van der Waals surface area contributed by atoms with E-state index in [4.69, 9.17) is 10.00 Å². The van der Waals surface area contributed by atoms with Crippen molar-refractivity contribution in [1.82, 2.24) is 4.98 Å². The number of nitrogens with zero attached hydrogens (tertiary/aromatic N) is 3. The van der Waals surface area contributed by atoms with E-state index in [-0.39, 0.29) is 5.69 Å². The second-order valence-electron chi connectivity index (χ2n) is 6.39. The van der Waals surface area contributed by atoms with Crippen molar-refractivity contribution in [2.75, 3.05) is 5.32 Å². The zero-order valence-corrected chi connectivity index (χ0v) is 15.7. The Bertz CT molecular complexity index is 1060. The van der Waals surface area contributed by atoms with Crippen molar-refractivity contribution in [3.8, 4) is 11.8 Å². The van der Waals surface area contributed by atoms with E-state index in [2.05, 4.69) is 16.4 Å². The van der Waals surface area contributed by atoms with Crippen LogP contribution in [-0.4, -0.2) is 16.0 Å². The highest BCUT2D eigenvalue weighted by molar-refractivity contribution is 5.96. The van der Waals surface area contributed by atoms with Gasteiger partial charge in [-0.15, -0.1) is 0 Å². The number of fused-ring (bicyclic) bond motifs is 1. The molecular formula is C21H20N4O3. The number of para-hydroxylation sites is 1. The Kier molecular flexibility index (Phi) is 5.70. The monoisotopic (exact) mass is 376 g/mol. The molecule has 0 spiro atoms. The van der Waals surface area contributed by atoms with E-state index in [1.54, 1.807) is 6.07 Å². The van der Waals surface area contributed by atoms with Gasteiger partial charge in [-0.05, 0) is 37.1 Å². The maximum absolute atomic E-state index is 11.3. The number of aryl methyl sites for hydroxylation is 1. The predicted octanol–water partition coefficient (Wildman–Crippen LogP) is 4.74. The molecule has 0 aliphatic rings. The first kappa shape index (κ1) is 19.1. The third-order valence-electron chi connectivity index (χ3n) is 4.32.